The van der Waals surface area contributed by atoms with Gasteiger partial charge in [0.25, 0.3) is 0 Å². The molecule has 17 heavy (non-hydrogen) atoms. The van der Waals surface area contributed by atoms with Gasteiger partial charge in [-0.2, -0.15) is 0 Å². The van der Waals surface area contributed by atoms with E-state index in [0.717, 1.165) is 0 Å². The van der Waals surface area contributed by atoms with Gasteiger partial charge in [0.15, 0.2) is 0 Å². The monoisotopic (exact) mass is 253 g/mol. The molecule has 0 N–H and O–H groups in total. The number of rotatable bonds is 4. The molecule has 90 valence electrons. The SMILES string of the molecule is O=C1CCC(=O)N1CCOc1ccc(Cl)cc1. The highest BCUT2D eigenvalue weighted by molar-refractivity contribution is 6.30. The van der Waals surface area contributed by atoms with E-state index in [1.54, 1.807) is 24.3 Å². The maximum absolute atomic E-state index is 11.3. The van der Waals surface area contributed by atoms with Gasteiger partial charge in [0, 0.05) is 17.9 Å². The van der Waals surface area contributed by atoms with Gasteiger partial charge in [-0.3, -0.25) is 14.5 Å². The first kappa shape index (κ1) is 11.9. The lowest BCUT2D eigenvalue weighted by molar-refractivity contribution is -0.138. The zero-order valence-corrected chi connectivity index (χ0v) is 9.94. The molecule has 0 spiro atoms. The number of amides is 2. The molecule has 2 amide bonds. The second-order valence-corrected chi connectivity index (χ2v) is 4.18. The Bertz CT molecular complexity index is 414. The van der Waals surface area contributed by atoms with Crippen LogP contribution in [-0.4, -0.2) is 29.9 Å². The van der Waals surface area contributed by atoms with Gasteiger partial charge in [0.05, 0.1) is 6.54 Å². The minimum atomic E-state index is -0.116. The molecule has 2 rings (SSSR count). The third kappa shape index (κ3) is 2.97. The maximum Gasteiger partial charge on any atom is 0.229 e. The molecular formula is C12H12ClNO3. The first-order valence-corrected chi connectivity index (χ1v) is 5.76. The summed E-state index contributed by atoms with van der Waals surface area (Å²) in [4.78, 5) is 23.9. The lowest BCUT2D eigenvalue weighted by Gasteiger charge is -2.14. The van der Waals surface area contributed by atoms with E-state index in [1.165, 1.54) is 4.90 Å². The lowest BCUT2D eigenvalue weighted by Crippen LogP contribution is -2.33. The molecule has 0 saturated carbocycles. The lowest BCUT2D eigenvalue weighted by atomic mass is 10.3. The fourth-order valence-corrected chi connectivity index (χ4v) is 1.78. The fourth-order valence-electron chi connectivity index (χ4n) is 1.66. The van der Waals surface area contributed by atoms with E-state index in [9.17, 15) is 9.59 Å². The van der Waals surface area contributed by atoms with Crippen molar-refractivity contribution >= 4 is 23.4 Å². The van der Waals surface area contributed by atoms with Crippen molar-refractivity contribution in [2.24, 2.45) is 0 Å². The highest BCUT2D eigenvalue weighted by Gasteiger charge is 2.28. The summed E-state index contributed by atoms with van der Waals surface area (Å²) in [5, 5.41) is 0.641. The normalized spacial score (nSPS) is 15.5. The summed E-state index contributed by atoms with van der Waals surface area (Å²) in [7, 11) is 0. The van der Waals surface area contributed by atoms with Crippen LogP contribution < -0.4 is 4.74 Å². The molecule has 0 unspecified atom stereocenters. The minimum absolute atomic E-state index is 0.116. The molecular weight excluding hydrogens is 242 g/mol. The molecule has 0 aliphatic carbocycles. The van der Waals surface area contributed by atoms with Crippen LogP contribution in [0.3, 0.4) is 0 Å². The van der Waals surface area contributed by atoms with Crippen LogP contribution >= 0.6 is 11.6 Å². The van der Waals surface area contributed by atoms with Crippen molar-refractivity contribution < 1.29 is 14.3 Å². The average molecular weight is 254 g/mol. The molecule has 0 atom stereocenters. The van der Waals surface area contributed by atoms with Crippen molar-refractivity contribution in [3.05, 3.63) is 29.3 Å². The molecule has 0 aromatic heterocycles. The number of hydrogen-bond acceptors (Lipinski definition) is 3. The number of nitrogens with zero attached hydrogens (tertiary/aromatic N) is 1. The highest BCUT2D eigenvalue weighted by atomic mass is 35.5. The quantitative estimate of drug-likeness (QED) is 0.770. The van der Waals surface area contributed by atoms with Crippen molar-refractivity contribution in [2.45, 2.75) is 12.8 Å². The Balaban J connectivity index is 1.81. The predicted octanol–water partition coefficient (Wildman–Crippen LogP) is 1.87. The Hall–Kier alpha value is -1.55. The van der Waals surface area contributed by atoms with Crippen molar-refractivity contribution in [2.75, 3.05) is 13.2 Å². The van der Waals surface area contributed by atoms with E-state index in [2.05, 4.69) is 0 Å². The Morgan fingerprint density at radius 3 is 2.29 bits per heavy atom. The van der Waals surface area contributed by atoms with Crippen molar-refractivity contribution in [3.8, 4) is 5.75 Å². The van der Waals surface area contributed by atoms with Gasteiger partial charge in [-0.25, -0.2) is 0 Å². The van der Waals surface area contributed by atoms with Crippen LogP contribution in [-0.2, 0) is 9.59 Å². The van der Waals surface area contributed by atoms with E-state index in [-0.39, 0.29) is 11.8 Å². The summed E-state index contributed by atoms with van der Waals surface area (Å²) in [5.41, 5.74) is 0. The van der Waals surface area contributed by atoms with Crippen LogP contribution in [0.15, 0.2) is 24.3 Å². The topological polar surface area (TPSA) is 46.6 Å². The Labute approximate surface area is 104 Å². The molecule has 1 heterocycles. The van der Waals surface area contributed by atoms with Crippen molar-refractivity contribution in [1.29, 1.82) is 0 Å². The fraction of sp³-hybridized carbons (Fsp3) is 0.333. The average Bonchev–Trinajstić information content (AvgIpc) is 2.63. The van der Waals surface area contributed by atoms with Gasteiger partial charge >= 0.3 is 0 Å². The van der Waals surface area contributed by atoms with Gasteiger partial charge in [-0.15, -0.1) is 0 Å². The number of imide groups is 1. The Morgan fingerprint density at radius 2 is 1.71 bits per heavy atom. The second-order valence-electron chi connectivity index (χ2n) is 3.74. The standard InChI is InChI=1S/C12H12ClNO3/c13-9-1-3-10(4-2-9)17-8-7-14-11(15)5-6-12(14)16/h1-4H,5-8H2. The summed E-state index contributed by atoms with van der Waals surface area (Å²) in [6, 6.07) is 6.94. The highest BCUT2D eigenvalue weighted by Crippen LogP contribution is 2.16. The summed E-state index contributed by atoms with van der Waals surface area (Å²) < 4.78 is 5.41. The van der Waals surface area contributed by atoms with Gasteiger partial charge in [-0.05, 0) is 24.3 Å². The van der Waals surface area contributed by atoms with Crippen LogP contribution in [0, 0.1) is 0 Å². The van der Waals surface area contributed by atoms with E-state index in [1.807, 2.05) is 0 Å². The van der Waals surface area contributed by atoms with Crippen LogP contribution in [0.1, 0.15) is 12.8 Å². The number of benzene rings is 1. The number of carbonyl (C=O) groups excluding carboxylic acids is 2. The number of halogens is 1. The van der Waals surface area contributed by atoms with Gasteiger partial charge in [0.2, 0.25) is 11.8 Å². The first-order valence-electron chi connectivity index (χ1n) is 5.38. The van der Waals surface area contributed by atoms with Crippen LogP contribution in [0.25, 0.3) is 0 Å². The number of ether oxygens (including phenoxy) is 1. The van der Waals surface area contributed by atoms with Crippen molar-refractivity contribution in [3.63, 3.8) is 0 Å². The van der Waals surface area contributed by atoms with Gasteiger partial charge in [-0.1, -0.05) is 11.6 Å². The smallest absolute Gasteiger partial charge is 0.229 e. The van der Waals surface area contributed by atoms with Crippen LogP contribution in [0.5, 0.6) is 5.75 Å². The predicted molar refractivity (Wildman–Crippen MR) is 62.9 cm³/mol. The number of likely N-dealkylation sites (tertiary alicyclic amines) is 1. The summed E-state index contributed by atoms with van der Waals surface area (Å²) in [5.74, 6) is 0.443. The van der Waals surface area contributed by atoms with E-state index in [4.69, 9.17) is 16.3 Å². The van der Waals surface area contributed by atoms with Gasteiger partial charge in [0.1, 0.15) is 12.4 Å². The molecule has 1 aliphatic rings. The molecule has 1 aromatic carbocycles. The third-order valence-corrected chi connectivity index (χ3v) is 2.80. The maximum atomic E-state index is 11.3. The second kappa shape index (κ2) is 5.19. The molecule has 0 radical (unpaired) electrons. The van der Waals surface area contributed by atoms with Crippen molar-refractivity contribution in [1.82, 2.24) is 4.90 Å². The number of hydrogen-bond donors (Lipinski definition) is 0. The molecule has 1 aliphatic heterocycles. The summed E-state index contributed by atoms with van der Waals surface area (Å²) in [6.07, 6.45) is 0.638. The molecule has 4 nitrogen and oxygen atoms in total. The molecule has 0 bridgehead atoms. The minimum Gasteiger partial charge on any atom is -0.492 e. The zero-order valence-electron chi connectivity index (χ0n) is 9.19. The van der Waals surface area contributed by atoms with E-state index in [0.29, 0.717) is 36.8 Å². The summed E-state index contributed by atoms with van der Waals surface area (Å²) >= 11 is 5.73. The summed E-state index contributed by atoms with van der Waals surface area (Å²) in [6.45, 7) is 0.611. The Kier molecular flexibility index (Phi) is 3.64. The largest absolute Gasteiger partial charge is 0.492 e. The number of carbonyl (C=O) groups is 2. The van der Waals surface area contributed by atoms with E-state index >= 15 is 0 Å². The Morgan fingerprint density at radius 1 is 1.12 bits per heavy atom. The molecule has 5 heteroatoms. The first-order chi connectivity index (χ1) is 8.16. The molecule has 1 fully saturated rings. The van der Waals surface area contributed by atoms with Crippen LogP contribution in [0.4, 0.5) is 0 Å². The zero-order chi connectivity index (χ0) is 12.3. The van der Waals surface area contributed by atoms with E-state index < -0.39 is 0 Å². The van der Waals surface area contributed by atoms with Gasteiger partial charge < -0.3 is 4.74 Å². The van der Waals surface area contributed by atoms with Crippen LogP contribution in [0.2, 0.25) is 5.02 Å². The third-order valence-electron chi connectivity index (χ3n) is 2.55. The molecule has 1 saturated heterocycles. The molecule has 1 aromatic rings.